The van der Waals surface area contributed by atoms with Gasteiger partial charge < -0.3 is 15.1 Å². The van der Waals surface area contributed by atoms with Crippen LogP contribution in [-0.2, 0) is 17.4 Å². The van der Waals surface area contributed by atoms with Gasteiger partial charge in [0.1, 0.15) is 11.5 Å². The molecule has 8 aliphatic carbocycles. The molecule has 4 nitrogen and oxygen atoms in total. The Morgan fingerprint density at radius 1 is 0.681 bits per heavy atom. The second-order valence-corrected chi connectivity index (χ2v) is 17.6. The summed E-state index contributed by atoms with van der Waals surface area (Å²) in [7, 11) is 2.11. The molecule has 0 amide bonds. The van der Waals surface area contributed by atoms with E-state index in [-0.39, 0.29) is 10.8 Å². The van der Waals surface area contributed by atoms with Crippen molar-refractivity contribution in [1.29, 1.82) is 0 Å². The molecule has 8 saturated carbocycles. The molecule has 0 aliphatic heterocycles. The molecule has 3 aromatic rings. The molecule has 11 rings (SSSR count). The van der Waals surface area contributed by atoms with Crippen LogP contribution in [0.3, 0.4) is 0 Å². The summed E-state index contributed by atoms with van der Waals surface area (Å²) in [4.78, 5) is 7.25. The van der Waals surface area contributed by atoms with Crippen molar-refractivity contribution in [3.8, 4) is 11.5 Å². The third kappa shape index (κ3) is 5.03. The van der Waals surface area contributed by atoms with Crippen LogP contribution < -0.4 is 4.90 Å². The van der Waals surface area contributed by atoms with Crippen molar-refractivity contribution >= 4 is 17.6 Å². The Balaban J connectivity index is 0.998. The van der Waals surface area contributed by atoms with Gasteiger partial charge in [0, 0.05) is 42.1 Å². The lowest BCUT2D eigenvalue weighted by Gasteiger charge is -2.57. The summed E-state index contributed by atoms with van der Waals surface area (Å²) in [5.74, 6) is 5.98. The first kappa shape index (κ1) is 29.8. The van der Waals surface area contributed by atoms with E-state index in [4.69, 9.17) is 4.99 Å². The lowest BCUT2D eigenvalue weighted by atomic mass is 9.48. The molecule has 8 bridgehead atoms. The van der Waals surface area contributed by atoms with Crippen LogP contribution in [0.4, 0.5) is 11.4 Å². The van der Waals surface area contributed by atoms with Crippen LogP contribution >= 0.6 is 0 Å². The van der Waals surface area contributed by atoms with Crippen molar-refractivity contribution in [2.24, 2.45) is 40.5 Å². The zero-order valence-electron chi connectivity index (χ0n) is 28.6. The third-order valence-corrected chi connectivity index (χ3v) is 13.9. The number of aromatic hydroxyl groups is 2. The number of benzene rings is 3. The minimum absolute atomic E-state index is 0.135. The van der Waals surface area contributed by atoms with Gasteiger partial charge in [-0.25, -0.2) is 0 Å². The van der Waals surface area contributed by atoms with Crippen molar-refractivity contribution in [1.82, 2.24) is 0 Å². The summed E-state index contributed by atoms with van der Waals surface area (Å²) in [6.45, 7) is 4.97. The highest BCUT2D eigenvalue weighted by Crippen LogP contribution is 2.63. The predicted molar refractivity (Wildman–Crippen MR) is 191 cm³/mol. The summed E-state index contributed by atoms with van der Waals surface area (Å²) in [5.41, 5.74) is 8.86. The van der Waals surface area contributed by atoms with Crippen LogP contribution in [0.25, 0.3) is 0 Å². The van der Waals surface area contributed by atoms with Gasteiger partial charge in [0.25, 0.3) is 0 Å². The standard InChI is InChI=1S/C43H52N2O2/c1-26-8-34(40(46)36(10-26)42-18-28-12-29(19-42)14-30(13-28)20-42)24-44-38-6-4-5-7-39(38)45(3)25-35-9-27(2)11-37(41(35)47)43-21-31-15-32(22-43)17-33(16-31)23-43/h4-11,24,28-33,46-47H,12-23,25H2,1-3H3. The molecule has 4 heteroatoms. The topological polar surface area (TPSA) is 56.1 Å². The predicted octanol–water partition coefficient (Wildman–Crippen LogP) is 10.0. The number of phenolic OH excluding ortho intramolecular Hbond substituents is 2. The first-order chi connectivity index (χ1) is 22.6. The maximum atomic E-state index is 11.9. The van der Waals surface area contributed by atoms with Gasteiger partial charge in [0.2, 0.25) is 0 Å². The Kier molecular flexibility index (Phi) is 6.90. The van der Waals surface area contributed by atoms with Crippen molar-refractivity contribution in [2.45, 2.75) is 108 Å². The Bertz CT molecular complexity index is 1680. The van der Waals surface area contributed by atoms with E-state index in [1.54, 1.807) is 0 Å². The van der Waals surface area contributed by atoms with Crippen LogP contribution in [-0.4, -0.2) is 23.5 Å². The molecule has 47 heavy (non-hydrogen) atoms. The number of hydrogen-bond acceptors (Lipinski definition) is 4. The number of anilines is 1. The summed E-state index contributed by atoms with van der Waals surface area (Å²) >= 11 is 0. The van der Waals surface area contributed by atoms with Gasteiger partial charge in [-0.15, -0.1) is 0 Å². The van der Waals surface area contributed by atoms with Gasteiger partial charge in [-0.05, 0) is 161 Å². The second kappa shape index (κ2) is 10.9. The van der Waals surface area contributed by atoms with Crippen molar-refractivity contribution in [2.75, 3.05) is 11.9 Å². The van der Waals surface area contributed by atoms with Crippen LogP contribution in [0.15, 0.2) is 53.5 Å². The molecule has 8 aliphatic rings. The fourth-order valence-electron chi connectivity index (χ4n) is 12.9. The molecule has 3 aromatic carbocycles. The van der Waals surface area contributed by atoms with E-state index in [0.717, 1.165) is 58.0 Å². The zero-order chi connectivity index (χ0) is 32.1. The van der Waals surface area contributed by atoms with Gasteiger partial charge in [-0.3, -0.25) is 4.99 Å². The largest absolute Gasteiger partial charge is 0.507 e. The molecular formula is C43H52N2O2. The molecule has 0 heterocycles. The average Bonchev–Trinajstić information content (AvgIpc) is 3.01. The van der Waals surface area contributed by atoms with Crippen LogP contribution in [0, 0.1) is 49.4 Å². The van der Waals surface area contributed by atoms with Crippen molar-refractivity contribution in [3.05, 3.63) is 81.9 Å². The molecular weight excluding hydrogens is 576 g/mol. The van der Waals surface area contributed by atoms with Crippen LogP contribution in [0.5, 0.6) is 11.5 Å². The fourth-order valence-corrected chi connectivity index (χ4v) is 12.9. The lowest BCUT2D eigenvalue weighted by molar-refractivity contribution is -0.00633. The minimum Gasteiger partial charge on any atom is -0.507 e. The van der Waals surface area contributed by atoms with Crippen molar-refractivity contribution in [3.63, 3.8) is 0 Å². The Morgan fingerprint density at radius 2 is 1.15 bits per heavy atom. The molecule has 0 spiro atoms. The van der Waals surface area contributed by atoms with E-state index < -0.39 is 0 Å². The highest BCUT2D eigenvalue weighted by molar-refractivity contribution is 5.88. The number of aliphatic imine (C=N–C) groups is 1. The van der Waals surface area contributed by atoms with Gasteiger partial charge >= 0.3 is 0 Å². The third-order valence-electron chi connectivity index (χ3n) is 13.9. The Hall–Kier alpha value is -3.27. The molecule has 246 valence electrons. The molecule has 0 radical (unpaired) electrons. The lowest BCUT2D eigenvalue weighted by Crippen LogP contribution is -2.48. The summed E-state index contributed by atoms with van der Waals surface area (Å²) in [6.07, 6.45) is 17.7. The first-order valence-electron chi connectivity index (χ1n) is 18.7. The van der Waals surface area contributed by atoms with E-state index in [2.05, 4.69) is 68.3 Å². The SMILES string of the molecule is Cc1cc(C=Nc2ccccc2N(C)Cc2cc(C)cc(C34CC5CC(CC(C5)C3)C4)c2O)c(O)c(C23CC4CC(CC(C4)C2)C3)c1. The van der Waals surface area contributed by atoms with Crippen LogP contribution in [0.1, 0.15) is 110 Å². The van der Waals surface area contributed by atoms with E-state index in [9.17, 15) is 10.2 Å². The Labute approximate surface area is 281 Å². The number of aryl methyl sites for hydroxylation is 2. The number of hydrogen-bond donors (Lipinski definition) is 2. The number of nitrogens with zero attached hydrogens (tertiary/aromatic N) is 2. The highest BCUT2D eigenvalue weighted by atomic mass is 16.3. The monoisotopic (exact) mass is 628 g/mol. The molecule has 2 N–H and O–H groups in total. The van der Waals surface area contributed by atoms with E-state index in [1.165, 1.54) is 99.3 Å². The summed E-state index contributed by atoms with van der Waals surface area (Å²) in [6, 6.07) is 17.1. The molecule has 0 atom stereocenters. The van der Waals surface area contributed by atoms with Gasteiger partial charge in [-0.1, -0.05) is 35.9 Å². The average molecular weight is 629 g/mol. The van der Waals surface area contributed by atoms with E-state index in [1.807, 2.05) is 12.3 Å². The smallest absolute Gasteiger partial charge is 0.128 e. The maximum absolute atomic E-state index is 11.9. The zero-order valence-corrected chi connectivity index (χ0v) is 28.6. The van der Waals surface area contributed by atoms with Gasteiger partial charge in [-0.2, -0.15) is 0 Å². The number of phenols is 2. The Morgan fingerprint density at radius 3 is 1.68 bits per heavy atom. The fraction of sp³-hybridized carbons (Fsp3) is 0.558. The van der Waals surface area contributed by atoms with Gasteiger partial charge in [0.05, 0.1) is 11.4 Å². The summed E-state index contributed by atoms with van der Waals surface area (Å²) < 4.78 is 0. The molecule has 8 fully saturated rings. The van der Waals surface area contributed by atoms with Crippen molar-refractivity contribution < 1.29 is 10.2 Å². The number of para-hydroxylation sites is 2. The molecule has 0 aromatic heterocycles. The molecule has 0 saturated heterocycles. The van der Waals surface area contributed by atoms with Crippen LogP contribution in [0.2, 0.25) is 0 Å². The quantitative estimate of drug-likeness (QED) is 0.256. The first-order valence-corrected chi connectivity index (χ1v) is 18.7. The maximum Gasteiger partial charge on any atom is 0.128 e. The second-order valence-electron chi connectivity index (χ2n) is 17.6. The van der Waals surface area contributed by atoms with E-state index in [0.29, 0.717) is 18.0 Å². The highest BCUT2D eigenvalue weighted by Gasteiger charge is 2.54. The minimum atomic E-state index is 0.135. The number of rotatable bonds is 7. The molecule has 0 unspecified atom stereocenters. The summed E-state index contributed by atoms with van der Waals surface area (Å²) in [5, 5.41) is 23.6. The normalized spacial score (nSPS) is 34.9. The van der Waals surface area contributed by atoms with E-state index >= 15 is 0 Å². The van der Waals surface area contributed by atoms with Gasteiger partial charge in [0.15, 0.2) is 0 Å².